The Labute approximate surface area is 150 Å². The summed E-state index contributed by atoms with van der Waals surface area (Å²) in [7, 11) is 2.17. The summed E-state index contributed by atoms with van der Waals surface area (Å²) in [5.41, 5.74) is 2.05. The van der Waals surface area contributed by atoms with Gasteiger partial charge in [0.25, 0.3) is 5.91 Å². The van der Waals surface area contributed by atoms with Crippen molar-refractivity contribution in [2.24, 2.45) is 0 Å². The van der Waals surface area contributed by atoms with Gasteiger partial charge in [-0.1, -0.05) is 12.1 Å². The van der Waals surface area contributed by atoms with Gasteiger partial charge in [0.2, 0.25) is 0 Å². The van der Waals surface area contributed by atoms with E-state index in [1.54, 1.807) is 0 Å². The van der Waals surface area contributed by atoms with E-state index in [1.807, 2.05) is 17.0 Å². The Hall–Kier alpha value is -1.47. The van der Waals surface area contributed by atoms with Gasteiger partial charge < -0.3 is 14.9 Å². The van der Waals surface area contributed by atoms with E-state index in [1.165, 1.54) is 5.56 Å². The standard InChI is InChI=1S/C19H30N4O2/c1-20-6-8-22(9-7-20)16-17-2-4-18(5-3-17)19(25)23-12-10-21(11-13-23)14-15-24/h2-5,24H,6-16H2,1H3. The molecule has 2 saturated heterocycles. The van der Waals surface area contributed by atoms with Crippen molar-refractivity contribution in [3.63, 3.8) is 0 Å². The third kappa shape index (κ3) is 5.01. The van der Waals surface area contributed by atoms with E-state index >= 15 is 0 Å². The van der Waals surface area contributed by atoms with Gasteiger partial charge in [-0.2, -0.15) is 0 Å². The number of rotatable bonds is 5. The van der Waals surface area contributed by atoms with Gasteiger partial charge in [-0.3, -0.25) is 14.6 Å². The molecular formula is C19H30N4O2. The summed E-state index contributed by atoms with van der Waals surface area (Å²) < 4.78 is 0. The number of nitrogens with zero attached hydrogens (tertiary/aromatic N) is 4. The highest BCUT2D eigenvalue weighted by Gasteiger charge is 2.22. The molecule has 0 saturated carbocycles. The fourth-order valence-corrected chi connectivity index (χ4v) is 3.52. The van der Waals surface area contributed by atoms with E-state index in [9.17, 15) is 4.79 Å². The Morgan fingerprint density at radius 3 is 2.12 bits per heavy atom. The molecule has 1 N–H and O–H groups in total. The Morgan fingerprint density at radius 2 is 1.52 bits per heavy atom. The lowest BCUT2D eigenvalue weighted by atomic mass is 10.1. The maximum Gasteiger partial charge on any atom is 0.253 e. The average Bonchev–Trinajstić information content (AvgIpc) is 2.65. The number of β-amino-alcohol motifs (C(OH)–C–C–N with tert-alkyl or cyclic N) is 1. The lowest BCUT2D eigenvalue weighted by Gasteiger charge is -2.34. The SMILES string of the molecule is CN1CCN(Cc2ccc(C(=O)N3CCN(CCO)CC3)cc2)CC1. The Kier molecular flexibility index (Phi) is 6.42. The van der Waals surface area contributed by atoms with Gasteiger partial charge in [0, 0.05) is 71.0 Å². The van der Waals surface area contributed by atoms with Crippen LogP contribution in [0.1, 0.15) is 15.9 Å². The predicted octanol–water partition coefficient (Wildman–Crippen LogP) is 0.184. The molecule has 6 nitrogen and oxygen atoms in total. The van der Waals surface area contributed by atoms with Crippen LogP contribution in [0, 0.1) is 0 Å². The van der Waals surface area contributed by atoms with Gasteiger partial charge in [0.1, 0.15) is 0 Å². The van der Waals surface area contributed by atoms with E-state index < -0.39 is 0 Å². The number of carbonyl (C=O) groups is 1. The molecule has 0 atom stereocenters. The van der Waals surface area contributed by atoms with Crippen LogP contribution in [0.25, 0.3) is 0 Å². The zero-order valence-electron chi connectivity index (χ0n) is 15.2. The number of likely N-dealkylation sites (N-methyl/N-ethyl adjacent to an activating group) is 1. The topological polar surface area (TPSA) is 50.3 Å². The fraction of sp³-hybridized carbons (Fsp3) is 0.632. The zero-order valence-corrected chi connectivity index (χ0v) is 15.2. The normalized spacial score (nSPS) is 20.8. The molecule has 3 rings (SSSR count). The molecule has 2 aliphatic heterocycles. The molecule has 0 unspecified atom stereocenters. The smallest absolute Gasteiger partial charge is 0.253 e. The first kappa shape index (κ1) is 18.3. The summed E-state index contributed by atoms with van der Waals surface area (Å²) in [6.07, 6.45) is 0. The molecule has 138 valence electrons. The molecule has 6 heteroatoms. The Bertz CT molecular complexity index is 547. The van der Waals surface area contributed by atoms with Crippen LogP contribution in [0.15, 0.2) is 24.3 Å². The minimum Gasteiger partial charge on any atom is -0.395 e. The van der Waals surface area contributed by atoms with E-state index in [-0.39, 0.29) is 12.5 Å². The molecule has 0 aliphatic carbocycles. The third-order valence-corrected chi connectivity index (χ3v) is 5.28. The molecule has 25 heavy (non-hydrogen) atoms. The summed E-state index contributed by atoms with van der Waals surface area (Å²) >= 11 is 0. The third-order valence-electron chi connectivity index (χ3n) is 5.28. The van der Waals surface area contributed by atoms with Crippen LogP contribution < -0.4 is 0 Å². The van der Waals surface area contributed by atoms with E-state index in [0.717, 1.165) is 64.5 Å². The monoisotopic (exact) mass is 346 g/mol. The van der Waals surface area contributed by atoms with Crippen molar-refractivity contribution in [1.82, 2.24) is 19.6 Å². The molecule has 0 aromatic heterocycles. The molecular weight excluding hydrogens is 316 g/mol. The number of hydrogen-bond donors (Lipinski definition) is 1. The highest BCUT2D eigenvalue weighted by atomic mass is 16.3. The molecule has 1 amide bonds. The fourth-order valence-electron chi connectivity index (χ4n) is 3.52. The van der Waals surface area contributed by atoms with E-state index in [4.69, 9.17) is 5.11 Å². The van der Waals surface area contributed by atoms with Gasteiger partial charge in [0.15, 0.2) is 0 Å². The first-order chi connectivity index (χ1) is 12.2. The number of hydrogen-bond acceptors (Lipinski definition) is 5. The van der Waals surface area contributed by atoms with Crippen molar-refractivity contribution < 1.29 is 9.90 Å². The first-order valence-corrected chi connectivity index (χ1v) is 9.28. The van der Waals surface area contributed by atoms with Gasteiger partial charge >= 0.3 is 0 Å². The van der Waals surface area contributed by atoms with Crippen molar-refractivity contribution in [2.75, 3.05) is 72.6 Å². The molecule has 1 aromatic carbocycles. The van der Waals surface area contributed by atoms with Gasteiger partial charge in [0.05, 0.1) is 6.61 Å². The van der Waals surface area contributed by atoms with Crippen molar-refractivity contribution in [3.8, 4) is 0 Å². The largest absolute Gasteiger partial charge is 0.395 e. The van der Waals surface area contributed by atoms with Crippen LogP contribution in [0.2, 0.25) is 0 Å². The summed E-state index contributed by atoms with van der Waals surface area (Å²) in [6, 6.07) is 8.11. The number of aliphatic hydroxyl groups excluding tert-OH is 1. The molecule has 0 radical (unpaired) electrons. The highest BCUT2D eigenvalue weighted by Crippen LogP contribution is 2.13. The number of amides is 1. The first-order valence-electron chi connectivity index (χ1n) is 9.28. The summed E-state index contributed by atoms with van der Waals surface area (Å²) in [5, 5.41) is 9.00. The average molecular weight is 346 g/mol. The van der Waals surface area contributed by atoms with Gasteiger partial charge in [-0.05, 0) is 24.7 Å². The molecule has 2 heterocycles. The molecule has 2 fully saturated rings. The van der Waals surface area contributed by atoms with E-state index in [0.29, 0.717) is 6.54 Å². The van der Waals surface area contributed by atoms with Crippen LogP contribution in [0.3, 0.4) is 0 Å². The van der Waals surface area contributed by atoms with Crippen LogP contribution in [-0.4, -0.2) is 103 Å². The molecule has 2 aliphatic rings. The second kappa shape index (κ2) is 8.76. The highest BCUT2D eigenvalue weighted by molar-refractivity contribution is 5.94. The lowest BCUT2D eigenvalue weighted by molar-refractivity contribution is 0.0615. The summed E-state index contributed by atoms with van der Waals surface area (Å²) in [4.78, 5) is 21.6. The quantitative estimate of drug-likeness (QED) is 0.825. The molecule has 0 spiro atoms. The van der Waals surface area contributed by atoms with Crippen LogP contribution >= 0.6 is 0 Å². The zero-order chi connectivity index (χ0) is 17.6. The molecule has 0 bridgehead atoms. The number of benzene rings is 1. The minimum absolute atomic E-state index is 0.120. The van der Waals surface area contributed by atoms with Crippen LogP contribution in [0.4, 0.5) is 0 Å². The van der Waals surface area contributed by atoms with Gasteiger partial charge in [-0.15, -0.1) is 0 Å². The van der Waals surface area contributed by atoms with Crippen molar-refractivity contribution in [3.05, 3.63) is 35.4 Å². The second-order valence-corrected chi connectivity index (χ2v) is 7.13. The Morgan fingerprint density at radius 1 is 0.920 bits per heavy atom. The second-order valence-electron chi connectivity index (χ2n) is 7.13. The summed E-state index contributed by atoms with van der Waals surface area (Å²) in [6.45, 7) is 9.46. The van der Waals surface area contributed by atoms with Crippen LogP contribution in [0.5, 0.6) is 0 Å². The maximum atomic E-state index is 12.6. The minimum atomic E-state index is 0.120. The maximum absolute atomic E-state index is 12.6. The molecule has 1 aromatic rings. The number of carbonyl (C=O) groups excluding carboxylic acids is 1. The lowest BCUT2D eigenvalue weighted by Crippen LogP contribution is -2.49. The van der Waals surface area contributed by atoms with Crippen molar-refractivity contribution in [2.45, 2.75) is 6.54 Å². The van der Waals surface area contributed by atoms with Crippen LogP contribution in [-0.2, 0) is 6.54 Å². The van der Waals surface area contributed by atoms with Crippen molar-refractivity contribution in [1.29, 1.82) is 0 Å². The van der Waals surface area contributed by atoms with E-state index in [2.05, 4.69) is 33.9 Å². The van der Waals surface area contributed by atoms with Gasteiger partial charge in [-0.25, -0.2) is 0 Å². The predicted molar refractivity (Wildman–Crippen MR) is 98.6 cm³/mol. The summed E-state index contributed by atoms with van der Waals surface area (Å²) in [5.74, 6) is 0.120. The number of aliphatic hydroxyl groups is 1. The number of piperazine rings is 2. The van der Waals surface area contributed by atoms with Crippen molar-refractivity contribution >= 4 is 5.91 Å². The Balaban J connectivity index is 1.51.